The number of hydrogen-bond acceptors (Lipinski definition) is 5. The molecule has 2 amide bonds. The van der Waals surface area contributed by atoms with Crippen molar-refractivity contribution < 1.29 is 9.59 Å². The van der Waals surface area contributed by atoms with Crippen molar-refractivity contribution in [1.29, 1.82) is 0 Å². The van der Waals surface area contributed by atoms with Gasteiger partial charge >= 0.3 is 0 Å². The summed E-state index contributed by atoms with van der Waals surface area (Å²) in [7, 11) is 0. The molecule has 0 saturated carbocycles. The first-order valence-electron chi connectivity index (χ1n) is 6.19. The van der Waals surface area contributed by atoms with Crippen molar-refractivity contribution in [3.8, 4) is 0 Å². The molecule has 0 aliphatic carbocycles. The standard InChI is InChI=1S/C12H15N3O2S2/c1-7-5-13-11(19-7)14-10(17)8-6-18-12(2)4-3-9(16)15(8)12/h5,8H,3-4,6H2,1-2H3,(H,13,14,17)/t8-,12+/m1/s1. The van der Waals surface area contributed by atoms with Gasteiger partial charge in [0.05, 0.1) is 4.87 Å². The van der Waals surface area contributed by atoms with Crippen LogP contribution in [0.5, 0.6) is 0 Å². The van der Waals surface area contributed by atoms with E-state index in [1.54, 1.807) is 22.9 Å². The van der Waals surface area contributed by atoms with Gasteiger partial charge in [0, 0.05) is 23.2 Å². The predicted molar refractivity (Wildman–Crippen MR) is 76.2 cm³/mol. The minimum atomic E-state index is -0.366. The maximum atomic E-state index is 12.3. The molecular formula is C12H15N3O2S2. The Kier molecular flexibility index (Phi) is 3.05. The molecule has 0 bridgehead atoms. The van der Waals surface area contributed by atoms with E-state index in [1.807, 2.05) is 13.8 Å². The third-order valence-electron chi connectivity index (χ3n) is 3.60. The number of anilines is 1. The molecule has 1 aromatic heterocycles. The maximum absolute atomic E-state index is 12.3. The zero-order valence-electron chi connectivity index (χ0n) is 10.8. The lowest BCUT2D eigenvalue weighted by Gasteiger charge is -2.29. The summed E-state index contributed by atoms with van der Waals surface area (Å²) in [5.41, 5.74) is 0. The van der Waals surface area contributed by atoms with E-state index in [2.05, 4.69) is 10.3 Å². The molecule has 1 N–H and O–H groups in total. The average Bonchev–Trinajstić information content (AvgIpc) is 2.97. The van der Waals surface area contributed by atoms with Crippen LogP contribution in [-0.2, 0) is 9.59 Å². The summed E-state index contributed by atoms with van der Waals surface area (Å²) in [6.07, 6.45) is 3.11. The lowest BCUT2D eigenvalue weighted by molar-refractivity contribution is -0.135. The number of hydrogen-bond donors (Lipinski definition) is 1. The number of carbonyl (C=O) groups excluding carboxylic acids is 2. The third-order valence-corrected chi connectivity index (χ3v) is 5.93. The monoisotopic (exact) mass is 297 g/mol. The van der Waals surface area contributed by atoms with Gasteiger partial charge in [-0.25, -0.2) is 4.98 Å². The van der Waals surface area contributed by atoms with Gasteiger partial charge < -0.3 is 10.2 Å². The van der Waals surface area contributed by atoms with Gasteiger partial charge in [-0.2, -0.15) is 0 Å². The van der Waals surface area contributed by atoms with Gasteiger partial charge in [0.25, 0.3) is 0 Å². The van der Waals surface area contributed by atoms with Crippen LogP contribution in [0.4, 0.5) is 5.13 Å². The van der Waals surface area contributed by atoms with Gasteiger partial charge in [0.15, 0.2) is 5.13 Å². The minimum Gasteiger partial charge on any atom is -0.315 e. The van der Waals surface area contributed by atoms with Gasteiger partial charge in [-0.1, -0.05) is 0 Å². The highest BCUT2D eigenvalue weighted by Crippen LogP contribution is 2.47. The van der Waals surface area contributed by atoms with E-state index in [0.717, 1.165) is 11.3 Å². The molecular weight excluding hydrogens is 282 g/mol. The lowest BCUT2D eigenvalue weighted by Crippen LogP contribution is -2.48. The van der Waals surface area contributed by atoms with Crippen molar-refractivity contribution in [2.75, 3.05) is 11.1 Å². The van der Waals surface area contributed by atoms with E-state index in [1.165, 1.54) is 11.3 Å². The van der Waals surface area contributed by atoms with E-state index >= 15 is 0 Å². The van der Waals surface area contributed by atoms with E-state index in [4.69, 9.17) is 0 Å². The summed E-state index contributed by atoms with van der Waals surface area (Å²) < 4.78 is 0. The highest BCUT2D eigenvalue weighted by molar-refractivity contribution is 8.01. The average molecular weight is 297 g/mol. The molecule has 2 aliphatic rings. The van der Waals surface area contributed by atoms with Crippen molar-refractivity contribution in [2.24, 2.45) is 0 Å². The predicted octanol–water partition coefficient (Wildman–Crippen LogP) is 1.84. The summed E-state index contributed by atoms with van der Waals surface area (Å²) in [4.78, 5) is 31.0. The highest BCUT2D eigenvalue weighted by atomic mass is 32.2. The molecule has 0 spiro atoms. The number of thioether (sulfide) groups is 1. The summed E-state index contributed by atoms with van der Waals surface area (Å²) in [5.74, 6) is 0.627. The lowest BCUT2D eigenvalue weighted by atomic mass is 10.2. The zero-order chi connectivity index (χ0) is 13.6. The molecule has 7 heteroatoms. The normalized spacial score (nSPS) is 29.7. The Hall–Kier alpha value is -1.08. The number of nitrogens with one attached hydrogen (secondary N) is 1. The number of thiazole rings is 1. The van der Waals surface area contributed by atoms with Gasteiger partial charge in [0.2, 0.25) is 11.8 Å². The number of aryl methyl sites for hydroxylation is 1. The van der Waals surface area contributed by atoms with Gasteiger partial charge in [-0.3, -0.25) is 9.59 Å². The smallest absolute Gasteiger partial charge is 0.249 e. The van der Waals surface area contributed by atoms with Crippen LogP contribution in [0, 0.1) is 6.92 Å². The maximum Gasteiger partial charge on any atom is 0.249 e. The van der Waals surface area contributed by atoms with Crippen molar-refractivity contribution in [3.63, 3.8) is 0 Å². The Morgan fingerprint density at radius 2 is 2.42 bits per heavy atom. The topological polar surface area (TPSA) is 62.3 Å². The Balaban J connectivity index is 1.76. The largest absolute Gasteiger partial charge is 0.315 e. The van der Waals surface area contributed by atoms with Crippen LogP contribution in [0.15, 0.2) is 6.20 Å². The Labute approximate surface area is 119 Å². The van der Waals surface area contributed by atoms with E-state index < -0.39 is 0 Å². The number of aromatic nitrogens is 1. The molecule has 0 unspecified atom stereocenters. The molecule has 0 radical (unpaired) electrons. The van der Waals surface area contributed by atoms with Crippen LogP contribution in [0.3, 0.4) is 0 Å². The summed E-state index contributed by atoms with van der Waals surface area (Å²) in [6, 6.07) is -0.366. The molecule has 1 aromatic rings. The van der Waals surface area contributed by atoms with Gasteiger partial charge in [-0.15, -0.1) is 23.1 Å². The number of carbonyl (C=O) groups is 2. The molecule has 2 fully saturated rings. The summed E-state index contributed by atoms with van der Waals surface area (Å²) >= 11 is 3.15. The van der Waals surface area contributed by atoms with Crippen molar-refractivity contribution in [1.82, 2.24) is 9.88 Å². The van der Waals surface area contributed by atoms with Crippen LogP contribution < -0.4 is 5.32 Å². The molecule has 102 valence electrons. The molecule has 19 heavy (non-hydrogen) atoms. The number of rotatable bonds is 2. The molecule has 2 aliphatic heterocycles. The highest BCUT2D eigenvalue weighted by Gasteiger charge is 2.52. The van der Waals surface area contributed by atoms with E-state index in [9.17, 15) is 9.59 Å². The quantitative estimate of drug-likeness (QED) is 0.905. The number of fused-ring (bicyclic) bond motifs is 1. The molecule has 0 aromatic carbocycles. The minimum absolute atomic E-state index is 0.0861. The second-order valence-electron chi connectivity index (χ2n) is 5.03. The first-order valence-corrected chi connectivity index (χ1v) is 7.99. The van der Waals surface area contributed by atoms with E-state index in [-0.39, 0.29) is 22.7 Å². The molecule has 2 saturated heterocycles. The Morgan fingerprint density at radius 3 is 3.11 bits per heavy atom. The van der Waals surface area contributed by atoms with E-state index in [0.29, 0.717) is 17.3 Å². The van der Waals surface area contributed by atoms with Crippen LogP contribution in [-0.4, -0.2) is 38.4 Å². The van der Waals surface area contributed by atoms with Crippen LogP contribution in [0.25, 0.3) is 0 Å². The zero-order valence-corrected chi connectivity index (χ0v) is 12.4. The van der Waals surface area contributed by atoms with Gasteiger partial charge in [0.1, 0.15) is 6.04 Å². The fourth-order valence-corrected chi connectivity index (χ4v) is 4.72. The molecule has 2 atom stereocenters. The summed E-state index contributed by atoms with van der Waals surface area (Å²) in [6.45, 7) is 3.99. The Morgan fingerprint density at radius 1 is 1.63 bits per heavy atom. The fraction of sp³-hybridized carbons (Fsp3) is 0.583. The van der Waals surface area contributed by atoms with Gasteiger partial charge in [-0.05, 0) is 20.3 Å². The number of amides is 2. The van der Waals surface area contributed by atoms with Crippen molar-refractivity contribution in [3.05, 3.63) is 11.1 Å². The second kappa shape index (κ2) is 4.49. The van der Waals surface area contributed by atoms with Crippen molar-refractivity contribution in [2.45, 2.75) is 37.6 Å². The van der Waals surface area contributed by atoms with Crippen LogP contribution >= 0.6 is 23.1 Å². The van der Waals surface area contributed by atoms with Crippen LogP contribution in [0.1, 0.15) is 24.6 Å². The second-order valence-corrected chi connectivity index (χ2v) is 7.77. The molecule has 5 nitrogen and oxygen atoms in total. The van der Waals surface area contributed by atoms with Crippen LogP contribution in [0.2, 0.25) is 0 Å². The number of nitrogens with zero attached hydrogens (tertiary/aromatic N) is 2. The fourth-order valence-electron chi connectivity index (χ4n) is 2.62. The SMILES string of the molecule is Cc1cnc(NC(=O)[C@H]2CS[C@@]3(C)CCC(=O)N23)s1. The Bertz CT molecular complexity index is 545. The van der Waals surface area contributed by atoms with Crippen molar-refractivity contribution >= 4 is 40.0 Å². The first kappa shape index (κ1) is 12.9. The summed E-state index contributed by atoms with van der Waals surface area (Å²) in [5, 5.41) is 3.42. The molecule has 3 rings (SSSR count). The third kappa shape index (κ3) is 2.14. The molecule has 3 heterocycles. The first-order chi connectivity index (χ1) is 8.99.